The van der Waals surface area contributed by atoms with Gasteiger partial charge in [0.15, 0.2) is 0 Å². The minimum absolute atomic E-state index is 0.0394. The lowest BCUT2D eigenvalue weighted by Gasteiger charge is -2.13. The summed E-state index contributed by atoms with van der Waals surface area (Å²) in [6, 6.07) is 0.535. The van der Waals surface area contributed by atoms with Crippen molar-refractivity contribution in [3.8, 4) is 0 Å². The first-order chi connectivity index (χ1) is 7.90. The highest BCUT2D eigenvalue weighted by molar-refractivity contribution is 7.89. The lowest BCUT2D eigenvalue weighted by molar-refractivity contribution is 0.0702. The van der Waals surface area contributed by atoms with Crippen molar-refractivity contribution < 1.29 is 23.4 Å². The Morgan fingerprint density at radius 3 is 2.65 bits per heavy atom. The van der Waals surface area contributed by atoms with Gasteiger partial charge in [0.05, 0.1) is 11.5 Å². The molecule has 0 amide bonds. The van der Waals surface area contributed by atoms with Gasteiger partial charge in [0.2, 0.25) is 10.0 Å². The summed E-state index contributed by atoms with van der Waals surface area (Å²) in [6.07, 6.45) is 0.450. The van der Waals surface area contributed by atoms with Crippen LogP contribution in [0.4, 0.5) is 0 Å². The summed E-state index contributed by atoms with van der Waals surface area (Å²) in [6.45, 7) is 1.44. The van der Waals surface area contributed by atoms with E-state index in [0.717, 1.165) is 17.4 Å². The van der Waals surface area contributed by atoms with E-state index in [1.807, 2.05) is 0 Å². The number of hydrogen-bond acceptors (Lipinski definition) is 5. The van der Waals surface area contributed by atoms with Crippen molar-refractivity contribution in [2.75, 3.05) is 6.61 Å². The minimum Gasteiger partial charge on any atom is -0.477 e. The number of aliphatic hydroxyl groups excluding tert-OH is 1. The Morgan fingerprint density at radius 1 is 1.59 bits per heavy atom. The molecule has 1 rings (SSSR count). The second kappa shape index (κ2) is 5.58. The molecule has 6 nitrogen and oxygen atoms in total. The summed E-state index contributed by atoms with van der Waals surface area (Å²) in [7, 11) is -3.76. The van der Waals surface area contributed by atoms with E-state index in [2.05, 4.69) is 4.72 Å². The number of thiophene rings is 1. The summed E-state index contributed by atoms with van der Waals surface area (Å²) in [5, 5.41) is 18.9. The van der Waals surface area contributed by atoms with Crippen LogP contribution in [-0.4, -0.2) is 37.2 Å². The van der Waals surface area contributed by atoms with Crippen LogP contribution in [0.2, 0.25) is 0 Å². The highest BCUT2D eigenvalue weighted by atomic mass is 32.2. The van der Waals surface area contributed by atoms with E-state index >= 15 is 0 Å². The van der Waals surface area contributed by atoms with E-state index in [4.69, 9.17) is 10.2 Å². The molecule has 96 valence electrons. The number of carboxylic acids is 1. The Labute approximate surface area is 103 Å². The first-order valence-corrected chi connectivity index (χ1v) is 7.22. The molecule has 0 radical (unpaired) electrons. The molecule has 3 N–H and O–H groups in total. The number of sulfonamides is 1. The molecule has 1 aromatic rings. The maximum atomic E-state index is 11.8. The van der Waals surface area contributed by atoms with E-state index in [9.17, 15) is 13.2 Å². The Morgan fingerprint density at radius 2 is 2.24 bits per heavy atom. The van der Waals surface area contributed by atoms with Gasteiger partial charge in [-0.1, -0.05) is 6.92 Å². The van der Waals surface area contributed by atoms with Crippen LogP contribution < -0.4 is 4.72 Å². The van der Waals surface area contributed by atoms with Gasteiger partial charge >= 0.3 is 5.97 Å². The van der Waals surface area contributed by atoms with Crippen molar-refractivity contribution in [3.05, 3.63) is 16.3 Å². The van der Waals surface area contributed by atoms with Gasteiger partial charge in [0.25, 0.3) is 0 Å². The molecule has 17 heavy (non-hydrogen) atoms. The standard InChI is InChI=1S/C9H13NO5S2/c1-2-6(4-11)10-17(14,15)7-3-8(9(12)13)16-5-7/h3,5-6,10-11H,2,4H2,1H3,(H,12,13). The molecule has 1 aromatic heterocycles. The molecular weight excluding hydrogens is 266 g/mol. The number of nitrogens with one attached hydrogen (secondary N) is 1. The van der Waals surface area contributed by atoms with Crippen LogP contribution in [0, 0.1) is 0 Å². The second-order valence-corrected chi connectivity index (χ2v) is 5.99. The Balaban J connectivity index is 2.93. The molecule has 1 unspecified atom stereocenters. The molecule has 0 aliphatic heterocycles. The van der Waals surface area contributed by atoms with Crippen LogP contribution in [-0.2, 0) is 10.0 Å². The number of hydrogen-bond donors (Lipinski definition) is 3. The third-order valence-corrected chi connectivity index (χ3v) is 4.70. The fraction of sp³-hybridized carbons (Fsp3) is 0.444. The molecule has 1 atom stereocenters. The number of aliphatic hydroxyl groups is 1. The number of aromatic carboxylic acids is 1. The van der Waals surface area contributed by atoms with Crippen molar-refractivity contribution in [2.45, 2.75) is 24.3 Å². The maximum absolute atomic E-state index is 11.8. The monoisotopic (exact) mass is 279 g/mol. The molecule has 8 heteroatoms. The number of rotatable bonds is 6. The Bertz CT molecular complexity index is 489. The predicted molar refractivity (Wildman–Crippen MR) is 62.8 cm³/mol. The van der Waals surface area contributed by atoms with Crippen LogP contribution in [0.15, 0.2) is 16.3 Å². The topological polar surface area (TPSA) is 104 Å². The van der Waals surface area contributed by atoms with Crippen LogP contribution in [0.25, 0.3) is 0 Å². The van der Waals surface area contributed by atoms with Crippen LogP contribution in [0.3, 0.4) is 0 Å². The molecule has 0 aliphatic carbocycles. The van der Waals surface area contributed by atoms with Crippen LogP contribution in [0.1, 0.15) is 23.0 Å². The first kappa shape index (κ1) is 14.1. The third kappa shape index (κ3) is 3.50. The van der Waals surface area contributed by atoms with Gasteiger partial charge in [-0.3, -0.25) is 0 Å². The van der Waals surface area contributed by atoms with Gasteiger partial charge < -0.3 is 10.2 Å². The minimum atomic E-state index is -3.76. The summed E-state index contributed by atoms with van der Waals surface area (Å²) in [5.74, 6) is -1.16. The zero-order valence-electron chi connectivity index (χ0n) is 9.08. The smallest absolute Gasteiger partial charge is 0.345 e. The van der Waals surface area contributed by atoms with Crippen molar-refractivity contribution in [1.29, 1.82) is 0 Å². The molecule has 0 spiro atoms. The molecule has 0 aromatic carbocycles. The van der Waals surface area contributed by atoms with Crippen molar-refractivity contribution in [1.82, 2.24) is 4.72 Å². The summed E-state index contributed by atoms with van der Waals surface area (Å²) in [4.78, 5) is 10.5. The summed E-state index contributed by atoms with van der Waals surface area (Å²) >= 11 is 0.846. The largest absolute Gasteiger partial charge is 0.477 e. The molecule has 1 heterocycles. The number of carboxylic acid groups (broad SMARTS) is 1. The predicted octanol–water partition coefficient (Wildman–Crippen LogP) is 0.496. The van der Waals surface area contributed by atoms with Crippen LogP contribution in [0.5, 0.6) is 0 Å². The summed E-state index contributed by atoms with van der Waals surface area (Å²) in [5.41, 5.74) is 0. The van der Waals surface area contributed by atoms with E-state index in [0.29, 0.717) is 6.42 Å². The average molecular weight is 279 g/mol. The van der Waals surface area contributed by atoms with Crippen molar-refractivity contribution in [3.63, 3.8) is 0 Å². The fourth-order valence-electron chi connectivity index (χ4n) is 1.11. The molecule has 0 fully saturated rings. The van der Waals surface area contributed by atoms with Gasteiger partial charge in [-0.2, -0.15) is 0 Å². The zero-order chi connectivity index (χ0) is 13.1. The van der Waals surface area contributed by atoms with Crippen molar-refractivity contribution >= 4 is 27.3 Å². The highest BCUT2D eigenvalue weighted by Gasteiger charge is 2.21. The van der Waals surface area contributed by atoms with E-state index < -0.39 is 22.0 Å². The normalized spacial score (nSPS) is 13.5. The third-order valence-electron chi connectivity index (χ3n) is 2.13. The van der Waals surface area contributed by atoms with Gasteiger partial charge in [-0.05, 0) is 12.5 Å². The van der Waals surface area contributed by atoms with Gasteiger partial charge in [-0.15, -0.1) is 11.3 Å². The van der Waals surface area contributed by atoms with Crippen molar-refractivity contribution in [2.24, 2.45) is 0 Å². The Kier molecular flexibility index (Phi) is 4.63. The SMILES string of the molecule is CCC(CO)NS(=O)(=O)c1csc(C(=O)O)c1. The second-order valence-electron chi connectivity index (χ2n) is 3.36. The number of carbonyl (C=O) groups is 1. The van der Waals surface area contributed by atoms with Gasteiger partial charge in [0.1, 0.15) is 4.88 Å². The van der Waals surface area contributed by atoms with E-state index in [1.54, 1.807) is 6.92 Å². The molecular formula is C9H13NO5S2. The summed E-state index contributed by atoms with van der Waals surface area (Å²) < 4.78 is 25.9. The quantitative estimate of drug-likeness (QED) is 0.703. The van der Waals surface area contributed by atoms with Crippen LogP contribution >= 0.6 is 11.3 Å². The van der Waals surface area contributed by atoms with E-state index in [1.165, 1.54) is 5.38 Å². The zero-order valence-corrected chi connectivity index (χ0v) is 10.7. The molecule has 0 bridgehead atoms. The highest BCUT2D eigenvalue weighted by Crippen LogP contribution is 2.19. The fourth-order valence-corrected chi connectivity index (χ4v) is 3.53. The lowest BCUT2D eigenvalue weighted by Crippen LogP contribution is -2.36. The first-order valence-electron chi connectivity index (χ1n) is 4.85. The van der Waals surface area contributed by atoms with E-state index in [-0.39, 0.29) is 16.4 Å². The van der Waals surface area contributed by atoms with Gasteiger partial charge in [-0.25, -0.2) is 17.9 Å². The maximum Gasteiger partial charge on any atom is 0.345 e. The lowest BCUT2D eigenvalue weighted by atomic mass is 10.3. The van der Waals surface area contributed by atoms with Gasteiger partial charge in [0, 0.05) is 11.4 Å². The molecule has 0 aliphatic rings. The average Bonchev–Trinajstić information content (AvgIpc) is 2.75. The molecule has 0 saturated heterocycles. The molecule has 0 saturated carbocycles. The Hall–Kier alpha value is -0.960.